The molecule has 0 rings (SSSR count). The van der Waals surface area contributed by atoms with Gasteiger partial charge in [0.15, 0.2) is 0 Å². The Bertz CT molecular complexity index is 402. The van der Waals surface area contributed by atoms with Crippen molar-refractivity contribution in [1.82, 2.24) is 0 Å². The first-order valence-electron chi connectivity index (χ1n) is 5.73. The maximum absolute atomic E-state index is 13.0. The molecule has 0 aliphatic heterocycles. The summed E-state index contributed by atoms with van der Waals surface area (Å²) in [6.07, 6.45) is -11.4. The predicted octanol–water partition coefficient (Wildman–Crippen LogP) is 3.08. The molecule has 0 aliphatic rings. The summed E-state index contributed by atoms with van der Waals surface area (Å²) in [5.74, 6) is -3.01. The molecule has 0 aromatic rings. The minimum absolute atomic E-state index is 0.150. The predicted molar refractivity (Wildman–Crippen MR) is 58.1 cm³/mol. The highest BCUT2D eigenvalue weighted by molar-refractivity contribution is 4.82. The van der Waals surface area contributed by atoms with Gasteiger partial charge in [-0.05, 0) is 0 Å². The molecule has 23 heavy (non-hydrogen) atoms. The Morgan fingerprint density at radius 1 is 0.870 bits per heavy atom. The molecule has 12 heteroatoms. The molecule has 0 radical (unpaired) electrons. The lowest BCUT2D eigenvalue weighted by atomic mass is 10.4. The van der Waals surface area contributed by atoms with Crippen LogP contribution < -0.4 is 0 Å². The van der Waals surface area contributed by atoms with Crippen LogP contribution in [0.25, 0.3) is 0 Å². The first-order valence-corrected chi connectivity index (χ1v) is 5.73. The second-order valence-electron chi connectivity index (χ2n) is 4.02. The molecule has 0 aliphatic carbocycles. The quantitative estimate of drug-likeness (QED) is 0.246. The first-order chi connectivity index (χ1) is 10.2. The van der Waals surface area contributed by atoms with Gasteiger partial charge in [-0.1, -0.05) is 5.92 Å². The van der Waals surface area contributed by atoms with E-state index in [1.807, 2.05) is 5.92 Å². The van der Waals surface area contributed by atoms with Crippen LogP contribution in [0.2, 0.25) is 0 Å². The number of hydrogen-bond donors (Lipinski definition) is 0. The van der Waals surface area contributed by atoms with E-state index in [2.05, 4.69) is 18.9 Å². The van der Waals surface area contributed by atoms with Crippen LogP contribution in [0.3, 0.4) is 0 Å². The van der Waals surface area contributed by atoms with Crippen molar-refractivity contribution in [3.05, 3.63) is 0 Å². The molecule has 0 N–H and O–H groups in total. The van der Waals surface area contributed by atoms with Gasteiger partial charge in [-0.3, -0.25) is 0 Å². The topological polar surface area (TPSA) is 36.9 Å². The van der Waals surface area contributed by atoms with E-state index >= 15 is 0 Å². The van der Waals surface area contributed by atoms with Crippen LogP contribution in [0.1, 0.15) is 6.92 Å². The Balaban J connectivity index is 4.43. The van der Waals surface area contributed by atoms with E-state index in [1.165, 1.54) is 0 Å². The summed E-state index contributed by atoms with van der Waals surface area (Å²) in [7, 11) is 0. The van der Waals surface area contributed by atoms with Crippen molar-refractivity contribution < 1.29 is 54.1 Å². The first kappa shape index (κ1) is 21.8. The van der Waals surface area contributed by atoms with Crippen LogP contribution in [-0.4, -0.2) is 50.9 Å². The van der Waals surface area contributed by atoms with Gasteiger partial charge in [0, 0.05) is 6.92 Å². The second-order valence-corrected chi connectivity index (χ2v) is 4.02. The van der Waals surface area contributed by atoms with Crippen LogP contribution in [0.4, 0.5) is 35.1 Å². The third-order valence-corrected chi connectivity index (χ3v) is 1.85. The molecule has 4 nitrogen and oxygen atoms in total. The van der Waals surface area contributed by atoms with Crippen molar-refractivity contribution in [2.45, 2.75) is 31.4 Å². The van der Waals surface area contributed by atoms with Gasteiger partial charge >= 0.3 is 24.4 Å². The smallest absolute Gasteiger partial charge is 0.370 e. The maximum atomic E-state index is 13.0. The normalized spacial score (nSPS) is 13.9. The van der Waals surface area contributed by atoms with Crippen molar-refractivity contribution in [2.75, 3.05) is 26.4 Å². The molecule has 0 unspecified atom stereocenters. The van der Waals surface area contributed by atoms with Gasteiger partial charge in [-0.15, -0.1) is 15.2 Å². The van der Waals surface area contributed by atoms with E-state index in [0.29, 0.717) is 0 Å². The summed E-state index contributed by atoms with van der Waals surface area (Å²) >= 11 is 0. The Labute approximate surface area is 125 Å². The van der Waals surface area contributed by atoms with Gasteiger partial charge in [0.2, 0.25) is 0 Å². The lowest BCUT2D eigenvalue weighted by Gasteiger charge is -2.28. The number of hydrogen-bond acceptors (Lipinski definition) is 4. The molecule has 136 valence electrons. The molecule has 0 aromatic carbocycles. The third kappa shape index (κ3) is 8.89. The fourth-order valence-corrected chi connectivity index (χ4v) is 0.903. The van der Waals surface area contributed by atoms with Gasteiger partial charge in [-0.2, -0.15) is 26.3 Å². The number of terminal acetylenes is 1. The number of rotatable bonds is 11. The summed E-state index contributed by atoms with van der Waals surface area (Å²) in [5, 5.41) is 0. The Kier molecular flexibility index (Phi) is 7.68. The van der Waals surface area contributed by atoms with E-state index in [1.54, 1.807) is 0 Å². The third-order valence-electron chi connectivity index (χ3n) is 1.85. The van der Waals surface area contributed by atoms with E-state index in [-0.39, 0.29) is 13.2 Å². The zero-order valence-corrected chi connectivity index (χ0v) is 11.6. The van der Waals surface area contributed by atoms with E-state index in [9.17, 15) is 35.1 Å². The summed E-state index contributed by atoms with van der Waals surface area (Å²) in [5.41, 5.74) is 0. The zero-order chi connectivity index (χ0) is 18.4. The summed E-state index contributed by atoms with van der Waals surface area (Å²) in [4.78, 5) is 0. The summed E-state index contributed by atoms with van der Waals surface area (Å²) in [6, 6.07) is 0. The second kappa shape index (κ2) is 8.09. The average Bonchev–Trinajstić information content (AvgIpc) is 2.29. The van der Waals surface area contributed by atoms with Gasteiger partial charge in [0.05, 0.1) is 13.2 Å². The summed E-state index contributed by atoms with van der Waals surface area (Å²) in [6.45, 7) is -3.15. The highest BCUT2D eigenvalue weighted by atomic mass is 19.3. The SMILES string of the molecule is C#CCOCCOCC(F)(F)OC(F)(F)OC(F)(F)C(C)(F)F. The number of alkyl halides is 8. The van der Waals surface area contributed by atoms with Gasteiger partial charge < -0.3 is 9.47 Å². The molecule has 0 bridgehead atoms. The fraction of sp³-hybridized carbons (Fsp3) is 0.818. The maximum Gasteiger partial charge on any atom is 0.495 e. The molecule has 0 saturated heterocycles. The molecular formula is C11H12F8O4. The Morgan fingerprint density at radius 3 is 1.87 bits per heavy atom. The Morgan fingerprint density at radius 2 is 1.39 bits per heavy atom. The van der Waals surface area contributed by atoms with Crippen LogP contribution in [-0.2, 0) is 18.9 Å². The standard InChI is InChI=1S/C11H12F8O4/c1-3-4-20-5-6-21-7-9(14,15)22-11(18,19)23-10(16,17)8(2,12)13/h1H,4-7H2,2H3. The molecule has 0 amide bonds. The van der Waals surface area contributed by atoms with Crippen molar-refractivity contribution >= 4 is 0 Å². The molecule has 0 atom stereocenters. The van der Waals surface area contributed by atoms with Crippen molar-refractivity contribution in [1.29, 1.82) is 0 Å². The zero-order valence-electron chi connectivity index (χ0n) is 11.6. The number of halogens is 8. The van der Waals surface area contributed by atoms with Crippen molar-refractivity contribution in [2.24, 2.45) is 0 Å². The van der Waals surface area contributed by atoms with Crippen LogP contribution in [0.5, 0.6) is 0 Å². The molecule has 0 heterocycles. The lowest BCUT2D eigenvalue weighted by molar-refractivity contribution is -0.533. The van der Waals surface area contributed by atoms with Crippen LogP contribution in [0, 0.1) is 12.3 Å². The van der Waals surface area contributed by atoms with Gasteiger partial charge in [0.1, 0.15) is 13.2 Å². The van der Waals surface area contributed by atoms with Crippen LogP contribution >= 0.6 is 0 Å². The van der Waals surface area contributed by atoms with Gasteiger partial charge in [0.25, 0.3) is 0 Å². The molecule has 0 fully saturated rings. The van der Waals surface area contributed by atoms with E-state index in [4.69, 9.17) is 6.42 Å². The molecule has 0 saturated carbocycles. The van der Waals surface area contributed by atoms with Crippen LogP contribution in [0.15, 0.2) is 0 Å². The molecule has 0 spiro atoms. The van der Waals surface area contributed by atoms with Gasteiger partial charge in [-0.25, -0.2) is 9.47 Å². The minimum atomic E-state index is -5.74. The van der Waals surface area contributed by atoms with Crippen molar-refractivity contribution in [3.8, 4) is 12.3 Å². The largest absolute Gasteiger partial charge is 0.495 e. The number of ether oxygens (including phenoxy) is 4. The average molecular weight is 360 g/mol. The van der Waals surface area contributed by atoms with E-state index < -0.39 is 44.6 Å². The molecule has 0 aromatic heterocycles. The monoisotopic (exact) mass is 360 g/mol. The highest BCUT2D eigenvalue weighted by Crippen LogP contribution is 2.41. The fourth-order valence-electron chi connectivity index (χ4n) is 0.903. The van der Waals surface area contributed by atoms with E-state index in [0.717, 1.165) is 0 Å². The lowest BCUT2D eigenvalue weighted by Crippen LogP contribution is -2.48. The molecular weight excluding hydrogens is 348 g/mol. The Hall–Kier alpha value is -1.16. The highest BCUT2D eigenvalue weighted by Gasteiger charge is 2.61. The summed E-state index contributed by atoms with van der Waals surface area (Å²) < 4.78 is 115. The minimum Gasteiger partial charge on any atom is -0.370 e. The van der Waals surface area contributed by atoms with Crippen molar-refractivity contribution in [3.63, 3.8) is 0 Å².